The second-order valence-electron chi connectivity index (χ2n) is 7.54. The van der Waals surface area contributed by atoms with Crippen LogP contribution in [-0.2, 0) is 4.79 Å². The minimum atomic E-state index is -1.07. The third-order valence-electron chi connectivity index (χ3n) is 5.13. The van der Waals surface area contributed by atoms with Crippen LogP contribution in [0.25, 0.3) is 10.9 Å². The molecular weight excluding hydrogens is 490 g/mol. The van der Waals surface area contributed by atoms with Crippen LogP contribution in [0.3, 0.4) is 0 Å². The van der Waals surface area contributed by atoms with E-state index in [0.717, 1.165) is 10.9 Å². The molecule has 9 heteroatoms. The van der Waals surface area contributed by atoms with Crippen LogP contribution in [0.4, 0.5) is 0 Å². The van der Waals surface area contributed by atoms with Gasteiger partial charge in [-0.2, -0.15) is 9.78 Å². The fraction of sp³-hybridized carbons (Fsp3) is 0.333. The molecule has 174 valence electrons. The molecule has 0 aliphatic rings. The minimum Gasteiger partial charge on any atom is -0.490 e. The smallest absolute Gasteiger partial charge is 0.344 e. The molecule has 0 unspecified atom stereocenters. The minimum absolute atomic E-state index is 0.0233. The molecule has 1 N–H and O–H groups in total. The number of hydrogen-bond acceptors (Lipinski definition) is 6. The van der Waals surface area contributed by atoms with Gasteiger partial charge < -0.3 is 14.6 Å². The van der Waals surface area contributed by atoms with Gasteiger partial charge in [0.15, 0.2) is 17.6 Å². The zero-order chi connectivity index (χ0) is 24.1. The summed E-state index contributed by atoms with van der Waals surface area (Å²) in [6, 6.07) is 10.4. The van der Waals surface area contributed by atoms with E-state index in [-0.39, 0.29) is 11.5 Å². The molecule has 2 atom stereocenters. The first kappa shape index (κ1) is 24.4. The van der Waals surface area contributed by atoms with Gasteiger partial charge in [0, 0.05) is 10.4 Å². The van der Waals surface area contributed by atoms with E-state index >= 15 is 0 Å². The molecule has 0 aliphatic heterocycles. The fourth-order valence-corrected chi connectivity index (χ4v) is 3.48. The molecule has 0 fully saturated rings. The molecular formula is C24H26BrN3O5. The van der Waals surface area contributed by atoms with Crippen molar-refractivity contribution in [3.8, 4) is 11.5 Å². The van der Waals surface area contributed by atoms with Crippen LogP contribution in [0.15, 0.2) is 50.8 Å². The van der Waals surface area contributed by atoms with Gasteiger partial charge in [0.2, 0.25) is 0 Å². The van der Waals surface area contributed by atoms with Crippen molar-refractivity contribution in [2.24, 2.45) is 5.10 Å². The van der Waals surface area contributed by atoms with Crippen molar-refractivity contribution in [3.05, 3.63) is 62.6 Å². The topological polar surface area (TPSA) is 103 Å². The molecule has 0 saturated carbocycles. The summed E-state index contributed by atoms with van der Waals surface area (Å²) in [5, 5.41) is 14.0. The highest BCUT2D eigenvalue weighted by Gasteiger charge is 2.17. The van der Waals surface area contributed by atoms with Crippen LogP contribution in [0.2, 0.25) is 0 Å². The lowest BCUT2D eigenvalue weighted by Crippen LogP contribution is -2.24. The Labute approximate surface area is 200 Å². The summed E-state index contributed by atoms with van der Waals surface area (Å²) in [7, 11) is 0. The number of nitrogens with zero attached hydrogens (tertiary/aromatic N) is 3. The summed E-state index contributed by atoms with van der Waals surface area (Å²) in [4.78, 5) is 29.1. The first-order chi connectivity index (χ1) is 15.7. The van der Waals surface area contributed by atoms with Crippen LogP contribution < -0.4 is 15.0 Å². The quantitative estimate of drug-likeness (QED) is 0.410. The lowest BCUT2D eigenvalue weighted by atomic mass is 10.1. The molecule has 1 aromatic heterocycles. The van der Waals surface area contributed by atoms with E-state index < -0.39 is 12.1 Å². The molecule has 0 bridgehead atoms. The van der Waals surface area contributed by atoms with Gasteiger partial charge in [0.05, 0.1) is 23.7 Å². The monoisotopic (exact) mass is 515 g/mol. The number of carboxylic acid groups (broad SMARTS) is 1. The third-order valence-corrected chi connectivity index (χ3v) is 5.62. The number of aromatic nitrogens is 2. The molecule has 3 rings (SSSR count). The largest absolute Gasteiger partial charge is 0.490 e. The second-order valence-corrected chi connectivity index (χ2v) is 8.46. The Hall–Kier alpha value is -3.20. The van der Waals surface area contributed by atoms with Gasteiger partial charge in [-0.1, -0.05) is 29.8 Å². The van der Waals surface area contributed by atoms with Gasteiger partial charge in [0.25, 0.3) is 5.56 Å². The van der Waals surface area contributed by atoms with E-state index in [9.17, 15) is 9.59 Å². The van der Waals surface area contributed by atoms with Crippen molar-refractivity contribution >= 4 is 39.0 Å². The standard InChI is InChI=1S/C24H26BrN3O5/c1-5-14(3)22-27-19-9-8-17(25)12-18(19)23(29)28(22)26-13-16-7-10-20(21(11-16)32-6-2)33-15(4)24(30)31/h7-15H,5-6H2,1-4H3,(H,30,31)/t14-,15+/m1/s1. The van der Waals surface area contributed by atoms with Gasteiger partial charge in [-0.3, -0.25) is 4.79 Å². The van der Waals surface area contributed by atoms with Crippen molar-refractivity contribution < 1.29 is 19.4 Å². The van der Waals surface area contributed by atoms with Crippen molar-refractivity contribution in [1.29, 1.82) is 0 Å². The Kier molecular flexibility index (Phi) is 7.86. The van der Waals surface area contributed by atoms with Crippen molar-refractivity contribution in [2.45, 2.75) is 46.1 Å². The number of aliphatic carboxylic acids is 1. The summed E-state index contributed by atoms with van der Waals surface area (Å²) in [6.45, 7) is 7.67. The summed E-state index contributed by atoms with van der Waals surface area (Å²) < 4.78 is 13.2. The summed E-state index contributed by atoms with van der Waals surface area (Å²) in [5.74, 6) is 0.239. The number of ether oxygens (including phenoxy) is 2. The van der Waals surface area contributed by atoms with Gasteiger partial charge in [-0.25, -0.2) is 9.78 Å². The number of fused-ring (bicyclic) bond motifs is 1. The number of carbonyl (C=O) groups is 1. The van der Waals surface area contributed by atoms with Gasteiger partial charge in [0.1, 0.15) is 5.82 Å². The number of halogens is 1. The average Bonchev–Trinajstić information content (AvgIpc) is 2.79. The van der Waals surface area contributed by atoms with E-state index in [1.165, 1.54) is 11.6 Å². The molecule has 1 heterocycles. The van der Waals surface area contributed by atoms with Crippen molar-refractivity contribution in [3.63, 3.8) is 0 Å². The lowest BCUT2D eigenvalue weighted by Gasteiger charge is -2.15. The number of rotatable bonds is 9. The van der Waals surface area contributed by atoms with E-state index in [4.69, 9.17) is 19.6 Å². The van der Waals surface area contributed by atoms with E-state index in [1.54, 1.807) is 30.5 Å². The number of carboxylic acids is 1. The predicted octanol–water partition coefficient (Wildman–Crippen LogP) is 4.81. The zero-order valence-electron chi connectivity index (χ0n) is 18.9. The fourth-order valence-electron chi connectivity index (χ4n) is 3.11. The number of hydrogen-bond donors (Lipinski definition) is 1. The Bertz CT molecular complexity index is 1250. The number of benzene rings is 2. The van der Waals surface area contributed by atoms with E-state index in [2.05, 4.69) is 21.0 Å². The molecule has 0 amide bonds. The Morgan fingerprint density at radius 2 is 1.97 bits per heavy atom. The highest BCUT2D eigenvalue weighted by Crippen LogP contribution is 2.29. The van der Waals surface area contributed by atoms with Gasteiger partial charge in [-0.05, 0) is 62.2 Å². The molecule has 0 aliphatic carbocycles. The second kappa shape index (κ2) is 10.6. The average molecular weight is 516 g/mol. The highest BCUT2D eigenvalue weighted by molar-refractivity contribution is 9.10. The maximum Gasteiger partial charge on any atom is 0.344 e. The molecule has 0 spiro atoms. The van der Waals surface area contributed by atoms with Gasteiger partial charge >= 0.3 is 5.97 Å². The predicted molar refractivity (Wildman–Crippen MR) is 131 cm³/mol. The molecule has 8 nitrogen and oxygen atoms in total. The van der Waals surface area contributed by atoms with Crippen LogP contribution in [0.1, 0.15) is 51.4 Å². The molecule has 3 aromatic rings. The molecule has 0 saturated heterocycles. The van der Waals surface area contributed by atoms with Crippen LogP contribution in [0.5, 0.6) is 11.5 Å². The molecule has 33 heavy (non-hydrogen) atoms. The van der Waals surface area contributed by atoms with Gasteiger partial charge in [-0.15, -0.1) is 0 Å². The first-order valence-electron chi connectivity index (χ1n) is 10.7. The maximum atomic E-state index is 13.2. The van der Waals surface area contributed by atoms with Crippen LogP contribution in [0, 0.1) is 0 Å². The molecule has 2 aromatic carbocycles. The normalized spacial score (nSPS) is 13.2. The first-order valence-corrected chi connectivity index (χ1v) is 11.5. The van der Waals surface area contributed by atoms with Crippen LogP contribution >= 0.6 is 15.9 Å². The SMILES string of the molecule is CCOc1cc(C=Nn2c([C@H](C)CC)nc3ccc(Br)cc3c2=O)ccc1O[C@@H](C)C(=O)O. The Morgan fingerprint density at radius 3 is 2.64 bits per heavy atom. The summed E-state index contributed by atoms with van der Waals surface area (Å²) in [5.41, 5.74) is 1.02. The van der Waals surface area contributed by atoms with Crippen molar-refractivity contribution in [2.75, 3.05) is 6.61 Å². The third kappa shape index (κ3) is 5.60. The zero-order valence-corrected chi connectivity index (χ0v) is 20.5. The van der Waals surface area contributed by atoms with Crippen LogP contribution in [-0.4, -0.2) is 39.7 Å². The van der Waals surface area contributed by atoms with E-state index in [1.807, 2.05) is 32.9 Å². The summed E-state index contributed by atoms with van der Waals surface area (Å²) >= 11 is 3.41. The maximum absolute atomic E-state index is 13.2. The Balaban J connectivity index is 2.05. The highest BCUT2D eigenvalue weighted by atomic mass is 79.9. The Morgan fingerprint density at radius 1 is 1.21 bits per heavy atom. The summed E-state index contributed by atoms with van der Waals surface area (Å²) in [6.07, 6.45) is 1.32. The van der Waals surface area contributed by atoms with Crippen molar-refractivity contribution in [1.82, 2.24) is 9.66 Å². The van der Waals surface area contributed by atoms with E-state index in [0.29, 0.717) is 40.4 Å². The lowest BCUT2D eigenvalue weighted by molar-refractivity contribution is -0.144. The molecule has 0 radical (unpaired) electrons.